The van der Waals surface area contributed by atoms with Gasteiger partial charge in [-0.05, 0) is 12.8 Å². The van der Waals surface area contributed by atoms with Crippen molar-refractivity contribution in [3.63, 3.8) is 0 Å². The summed E-state index contributed by atoms with van der Waals surface area (Å²) in [5.74, 6) is 4.60. The fourth-order valence-electron chi connectivity index (χ4n) is 1.43. The summed E-state index contributed by atoms with van der Waals surface area (Å²) in [5.41, 5.74) is 0. The van der Waals surface area contributed by atoms with Crippen molar-refractivity contribution >= 4 is 5.97 Å². The molecular weight excluding hydrogens is 263 g/mol. The van der Waals surface area contributed by atoms with Crippen LogP contribution in [-0.4, -0.2) is 5.97 Å². The van der Waals surface area contributed by atoms with E-state index in [0.717, 1.165) is 25.7 Å². The Morgan fingerprint density at radius 1 is 1.36 bits per heavy atom. The predicted octanol–water partition coefficient (Wildman–Crippen LogP) is -1.90. The molecule has 0 aromatic heterocycles. The zero-order valence-electron chi connectivity index (χ0n) is 8.01. The van der Waals surface area contributed by atoms with Gasteiger partial charge in [0.2, 0.25) is 0 Å². The van der Waals surface area contributed by atoms with Gasteiger partial charge in [0, 0.05) is 0 Å². The summed E-state index contributed by atoms with van der Waals surface area (Å²) in [7, 11) is 0. The van der Waals surface area contributed by atoms with Gasteiger partial charge < -0.3 is 6.26 Å². The van der Waals surface area contributed by atoms with Gasteiger partial charge in [0.25, 0.3) is 0 Å². The van der Waals surface area contributed by atoms with Crippen LogP contribution in [0.5, 0.6) is 0 Å². The molecule has 0 amide bonds. The Kier molecular flexibility index (Phi) is 7.88. The third kappa shape index (κ3) is 4.31. The van der Waals surface area contributed by atoms with Gasteiger partial charge in [-0.1, -0.05) is 19.3 Å². The monoisotopic (exact) mass is 277 g/mol. The van der Waals surface area contributed by atoms with Crippen LogP contribution in [0.1, 0.15) is 33.5 Å². The Bertz CT molecular complexity index is 129. The normalized spacial score (nSPS) is 18.6. The first-order valence-electron chi connectivity index (χ1n) is 3.75. The van der Waals surface area contributed by atoms with Crippen LogP contribution in [-0.2, 0) is 9.63 Å². The van der Waals surface area contributed by atoms with Crippen LogP contribution >= 0.6 is 0 Å². The molecule has 60 valence electrons. The maximum Gasteiger partial charge on any atom is 1.00 e. The van der Waals surface area contributed by atoms with E-state index in [4.69, 9.17) is 5.90 Å². The van der Waals surface area contributed by atoms with Crippen LogP contribution < -0.4 is 74.8 Å². The van der Waals surface area contributed by atoms with Gasteiger partial charge in [0.1, 0.15) is 0 Å². The molecule has 0 spiro atoms. The van der Waals surface area contributed by atoms with Crippen molar-refractivity contribution in [2.75, 3.05) is 0 Å². The molecular formula is C7H14CsNO2. The molecule has 0 atom stereocenters. The van der Waals surface area contributed by atoms with Crippen LogP contribution in [0.3, 0.4) is 0 Å². The molecule has 0 saturated heterocycles. The van der Waals surface area contributed by atoms with E-state index in [1.807, 2.05) is 0 Å². The quantitative estimate of drug-likeness (QED) is 0.570. The topological polar surface area (TPSA) is 52.3 Å². The van der Waals surface area contributed by atoms with Gasteiger partial charge in [-0.25, -0.2) is 0 Å². The van der Waals surface area contributed by atoms with E-state index in [1.165, 1.54) is 6.42 Å². The first kappa shape index (κ1) is 12.5. The molecule has 1 fully saturated rings. The van der Waals surface area contributed by atoms with Crippen molar-refractivity contribution in [1.29, 1.82) is 0 Å². The maximum absolute atomic E-state index is 10.8. The number of carbonyl (C=O) groups excluding carboxylic acids is 1. The minimum absolute atomic E-state index is 0. The Balaban J connectivity index is 0. The third-order valence-corrected chi connectivity index (χ3v) is 2.05. The van der Waals surface area contributed by atoms with Crippen molar-refractivity contribution in [3.8, 4) is 0 Å². The fourth-order valence-corrected chi connectivity index (χ4v) is 1.43. The number of hydrogen-bond donors (Lipinski definition) is 1. The van der Waals surface area contributed by atoms with Crippen LogP contribution in [0.25, 0.3) is 0 Å². The van der Waals surface area contributed by atoms with Crippen LogP contribution in [0.4, 0.5) is 0 Å². The molecule has 1 aliphatic rings. The van der Waals surface area contributed by atoms with Crippen molar-refractivity contribution in [2.45, 2.75) is 32.1 Å². The predicted molar refractivity (Wildman–Crippen MR) is 38.0 cm³/mol. The van der Waals surface area contributed by atoms with E-state index in [9.17, 15) is 4.79 Å². The molecule has 1 rings (SSSR count). The average Bonchev–Trinajstić information content (AvgIpc) is 2.05. The van der Waals surface area contributed by atoms with E-state index in [2.05, 4.69) is 4.84 Å². The maximum atomic E-state index is 10.8. The average molecular weight is 277 g/mol. The first-order valence-corrected chi connectivity index (χ1v) is 3.75. The molecule has 2 N–H and O–H groups in total. The van der Waals surface area contributed by atoms with Gasteiger partial charge in [-0.3, -0.25) is 4.79 Å². The standard InChI is InChI=1S/C7H13NO2.Cs.H/c8-10-7(9)6-4-2-1-3-5-6;;/h6H,1-5,8H2;;/q;+1;-1. The summed E-state index contributed by atoms with van der Waals surface area (Å²) >= 11 is 0. The molecule has 0 aromatic rings. The van der Waals surface area contributed by atoms with Crippen molar-refractivity contribution in [1.82, 2.24) is 0 Å². The SMILES string of the molecule is NOC(=O)C1CCCCC1.[Cs+].[H-]. The van der Waals surface area contributed by atoms with E-state index in [0.29, 0.717) is 0 Å². The van der Waals surface area contributed by atoms with E-state index in [-0.39, 0.29) is 82.2 Å². The van der Waals surface area contributed by atoms with Gasteiger partial charge in [0.15, 0.2) is 0 Å². The minimum atomic E-state index is -0.236. The zero-order valence-corrected chi connectivity index (χ0v) is 13.3. The van der Waals surface area contributed by atoms with Gasteiger partial charge in [0.05, 0.1) is 5.92 Å². The van der Waals surface area contributed by atoms with E-state index >= 15 is 0 Å². The largest absolute Gasteiger partial charge is 1.00 e. The number of nitrogens with two attached hydrogens (primary N) is 1. The minimum Gasteiger partial charge on any atom is -1.00 e. The smallest absolute Gasteiger partial charge is 1.00 e. The first-order chi connectivity index (χ1) is 4.84. The fraction of sp³-hybridized carbons (Fsp3) is 0.857. The number of rotatable bonds is 1. The van der Waals surface area contributed by atoms with Crippen LogP contribution in [0, 0.1) is 5.92 Å². The third-order valence-electron chi connectivity index (χ3n) is 2.05. The summed E-state index contributed by atoms with van der Waals surface area (Å²) in [6.45, 7) is 0. The second kappa shape index (κ2) is 6.94. The Hall–Kier alpha value is 1.48. The second-order valence-corrected chi connectivity index (χ2v) is 2.77. The van der Waals surface area contributed by atoms with Crippen molar-refractivity contribution < 1.29 is 80.0 Å². The summed E-state index contributed by atoms with van der Waals surface area (Å²) < 4.78 is 0. The van der Waals surface area contributed by atoms with Crippen molar-refractivity contribution in [2.24, 2.45) is 11.8 Å². The van der Waals surface area contributed by atoms with Gasteiger partial charge in [-0.2, -0.15) is 5.90 Å². The zero-order chi connectivity index (χ0) is 7.40. The molecule has 0 aliphatic heterocycles. The second-order valence-electron chi connectivity index (χ2n) is 2.77. The molecule has 0 aromatic carbocycles. The number of carbonyl (C=O) groups is 1. The van der Waals surface area contributed by atoms with E-state index in [1.54, 1.807) is 0 Å². The molecule has 0 radical (unpaired) electrons. The summed E-state index contributed by atoms with van der Waals surface area (Å²) in [4.78, 5) is 15.0. The molecule has 11 heavy (non-hydrogen) atoms. The Morgan fingerprint density at radius 3 is 2.36 bits per heavy atom. The molecule has 4 heteroatoms. The summed E-state index contributed by atoms with van der Waals surface area (Å²) in [6.07, 6.45) is 5.43. The molecule has 0 heterocycles. The Labute approximate surface area is 127 Å². The molecule has 3 nitrogen and oxygen atoms in total. The number of hydrogen-bond acceptors (Lipinski definition) is 3. The van der Waals surface area contributed by atoms with Crippen molar-refractivity contribution in [3.05, 3.63) is 0 Å². The summed E-state index contributed by atoms with van der Waals surface area (Å²) in [5, 5.41) is 0. The van der Waals surface area contributed by atoms with Gasteiger partial charge in [-0.15, -0.1) is 0 Å². The molecule has 0 unspecified atom stereocenters. The van der Waals surface area contributed by atoms with Crippen LogP contribution in [0.2, 0.25) is 0 Å². The Morgan fingerprint density at radius 2 is 1.91 bits per heavy atom. The summed E-state index contributed by atoms with van der Waals surface area (Å²) in [6, 6.07) is 0. The molecule has 1 aliphatic carbocycles. The van der Waals surface area contributed by atoms with E-state index < -0.39 is 0 Å². The molecule has 1 saturated carbocycles. The van der Waals surface area contributed by atoms with Crippen LogP contribution in [0.15, 0.2) is 0 Å². The molecule has 0 bridgehead atoms. The van der Waals surface area contributed by atoms with Gasteiger partial charge >= 0.3 is 74.9 Å².